The van der Waals surface area contributed by atoms with Crippen molar-refractivity contribution in [2.24, 2.45) is 5.92 Å². The van der Waals surface area contributed by atoms with Crippen LogP contribution in [0.25, 0.3) is 0 Å². The van der Waals surface area contributed by atoms with Crippen molar-refractivity contribution in [3.05, 3.63) is 76.9 Å². The summed E-state index contributed by atoms with van der Waals surface area (Å²) in [6, 6.07) is 13.0. The summed E-state index contributed by atoms with van der Waals surface area (Å²) < 4.78 is 32.6. The summed E-state index contributed by atoms with van der Waals surface area (Å²) in [4.78, 5) is 24.9. The second-order valence-electron chi connectivity index (χ2n) is 10.0. The maximum Gasteiger partial charge on any atom is 0.324 e. The van der Waals surface area contributed by atoms with Crippen LogP contribution in [0.4, 0.5) is 5.69 Å². The Morgan fingerprint density at radius 2 is 1.50 bits per heavy atom. The van der Waals surface area contributed by atoms with Gasteiger partial charge in [0.25, 0.3) is 5.91 Å². The molecule has 0 spiro atoms. The highest BCUT2D eigenvalue weighted by atomic mass is 32.2. The molecule has 0 aromatic heterocycles. The van der Waals surface area contributed by atoms with Crippen LogP contribution in [0.15, 0.2) is 59.5 Å². The molecule has 3 aromatic carbocycles. The number of methoxy groups -OCH3 is 1. The van der Waals surface area contributed by atoms with Gasteiger partial charge in [-0.25, -0.2) is 8.42 Å². The standard InChI is InChI=1S/C29H34N2O8S/c1-16(2)22-9-7-6-8-18(22)14-19-15-23(26(33)27(34)25(19)32)28(35)30-20-10-12-21(13-11-20)40(37,38)31-24(17(3)4)29(36)39-5/h6-13,15-17,24,31-34H,14H2,1-5H3,(H,30,35)/t24-/m1/s1. The highest BCUT2D eigenvalue weighted by molar-refractivity contribution is 7.89. The van der Waals surface area contributed by atoms with Crippen LogP contribution < -0.4 is 10.0 Å². The molecule has 10 nitrogen and oxygen atoms in total. The molecule has 3 aromatic rings. The SMILES string of the molecule is COC(=O)[C@H](NS(=O)(=O)c1ccc(NC(=O)c2cc(Cc3ccccc3C(C)C)c(O)c(O)c2O)cc1)C(C)C. The van der Waals surface area contributed by atoms with Crippen molar-refractivity contribution in [3.63, 3.8) is 0 Å². The minimum Gasteiger partial charge on any atom is -0.504 e. The number of carbonyl (C=O) groups excluding carboxylic acids is 2. The summed E-state index contributed by atoms with van der Waals surface area (Å²) in [7, 11) is -2.91. The minimum absolute atomic E-state index is 0.142. The Labute approximate surface area is 233 Å². The van der Waals surface area contributed by atoms with E-state index in [2.05, 4.69) is 14.8 Å². The largest absolute Gasteiger partial charge is 0.504 e. The zero-order valence-corrected chi connectivity index (χ0v) is 23.7. The van der Waals surface area contributed by atoms with E-state index in [4.69, 9.17) is 0 Å². The smallest absolute Gasteiger partial charge is 0.324 e. The van der Waals surface area contributed by atoms with Crippen LogP contribution in [-0.4, -0.2) is 48.8 Å². The third-order valence-electron chi connectivity index (χ3n) is 6.46. The molecule has 3 rings (SSSR count). The van der Waals surface area contributed by atoms with E-state index < -0.39 is 45.2 Å². The highest BCUT2D eigenvalue weighted by Crippen LogP contribution is 2.42. The first-order chi connectivity index (χ1) is 18.8. The maximum absolute atomic E-state index is 13.0. The summed E-state index contributed by atoms with van der Waals surface area (Å²) in [5.41, 5.74) is 2.10. The molecule has 1 atom stereocenters. The summed E-state index contributed by atoms with van der Waals surface area (Å²) in [6.45, 7) is 7.40. The third kappa shape index (κ3) is 6.72. The van der Waals surface area contributed by atoms with Crippen LogP contribution in [0.5, 0.6) is 17.2 Å². The van der Waals surface area contributed by atoms with Gasteiger partial charge in [0.2, 0.25) is 15.8 Å². The van der Waals surface area contributed by atoms with E-state index in [0.717, 1.165) is 11.1 Å². The van der Waals surface area contributed by atoms with E-state index in [1.807, 2.05) is 38.1 Å². The van der Waals surface area contributed by atoms with Gasteiger partial charge in [-0.15, -0.1) is 0 Å². The van der Waals surface area contributed by atoms with Gasteiger partial charge in [0, 0.05) is 17.7 Å². The monoisotopic (exact) mass is 570 g/mol. The number of hydrogen-bond acceptors (Lipinski definition) is 8. The fraction of sp³-hybridized carbons (Fsp3) is 0.310. The van der Waals surface area contributed by atoms with Gasteiger partial charge in [-0.05, 0) is 53.3 Å². The number of anilines is 1. The van der Waals surface area contributed by atoms with Crippen molar-refractivity contribution in [1.29, 1.82) is 0 Å². The zero-order valence-electron chi connectivity index (χ0n) is 22.9. The number of phenols is 3. The predicted octanol–water partition coefficient (Wildman–Crippen LogP) is 4.25. The second-order valence-corrected chi connectivity index (χ2v) is 11.7. The zero-order chi connectivity index (χ0) is 29.8. The van der Waals surface area contributed by atoms with Gasteiger partial charge in [-0.1, -0.05) is 52.0 Å². The number of hydrogen-bond donors (Lipinski definition) is 5. The summed E-state index contributed by atoms with van der Waals surface area (Å²) in [5, 5.41) is 33.8. The lowest BCUT2D eigenvalue weighted by atomic mass is 9.92. The minimum atomic E-state index is -4.08. The molecule has 0 aliphatic carbocycles. The van der Waals surface area contributed by atoms with Crippen molar-refractivity contribution in [3.8, 4) is 17.2 Å². The molecule has 0 heterocycles. The molecule has 40 heavy (non-hydrogen) atoms. The molecule has 0 radical (unpaired) electrons. The average molecular weight is 571 g/mol. The molecule has 0 aliphatic heterocycles. The molecule has 0 unspecified atom stereocenters. The third-order valence-corrected chi connectivity index (χ3v) is 7.91. The summed E-state index contributed by atoms with van der Waals surface area (Å²) in [6.07, 6.45) is 0.205. The number of carbonyl (C=O) groups is 2. The number of sulfonamides is 1. The Kier molecular flexibility index (Phi) is 9.44. The average Bonchev–Trinajstić information content (AvgIpc) is 2.91. The lowest BCUT2D eigenvalue weighted by Crippen LogP contribution is -2.44. The normalized spacial score (nSPS) is 12.4. The number of ether oxygens (including phenoxy) is 1. The molecule has 5 N–H and O–H groups in total. The second kappa shape index (κ2) is 12.4. The van der Waals surface area contributed by atoms with Crippen LogP contribution in [0.2, 0.25) is 0 Å². The van der Waals surface area contributed by atoms with Gasteiger partial charge in [0.05, 0.1) is 17.6 Å². The van der Waals surface area contributed by atoms with Crippen molar-refractivity contribution < 1.29 is 38.1 Å². The quantitative estimate of drug-likeness (QED) is 0.179. The van der Waals surface area contributed by atoms with E-state index in [1.165, 1.54) is 37.4 Å². The summed E-state index contributed by atoms with van der Waals surface area (Å²) >= 11 is 0. The first-order valence-corrected chi connectivity index (χ1v) is 14.1. The lowest BCUT2D eigenvalue weighted by Gasteiger charge is -2.19. The van der Waals surface area contributed by atoms with E-state index >= 15 is 0 Å². The van der Waals surface area contributed by atoms with E-state index in [-0.39, 0.29) is 40.0 Å². The molecule has 1 amide bonds. The van der Waals surface area contributed by atoms with E-state index in [0.29, 0.717) is 0 Å². The van der Waals surface area contributed by atoms with Gasteiger partial charge in [0.1, 0.15) is 6.04 Å². The number of benzene rings is 3. The van der Waals surface area contributed by atoms with Gasteiger partial charge in [-0.2, -0.15) is 4.72 Å². The molecular weight excluding hydrogens is 536 g/mol. The fourth-order valence-electron chi connectivity index (χ4n) is 4.21. The van der Waals surface area contributed by atoms with Crippen molar-refractivity contribution >= 4 is 27.6 Å². The number of aromatic hydroxyl groups is 3. The van der Waals surface area contributed by atoms with E-state index in [9.17, 15) is 33.3 Å². The Morgan fingerprint density at radius 1 is 0.875 bits per heavy atom. The van der Waals surface area contributed by atoms with Gasteiger partial charge in [0.15, 0.2) is 11.5 Å². The predicted molar refractivity (Wildman–Crippen MR) is 150 cm³/mol. The van der Waals surface area contributed by atoms with Crippen LogP contribution in [0.1, 0.15) is 60.7 Å². The van der Waals surface area contributed by atoms with E-state index in [1.54, 1.807) is 13.8 Å². The maximum atomic E-state index is 13.0. The van der Waals surface area contributed by atoms with Crippen molar-refractivity contribution in [1.82, 2.24) is 4.72 Å². The molecule has 0 saturated carbocycles. The molecule has 214 valence electrons. The van der Waals surface area contributed by atoms with Crippen LogP contribution >= 0.6 is 0 Å². The first-order valence-electron chi connectivity index (χ1n) is 12.6. The van der Waals surface area contributed by atoms with Crippen LogP contribution in [0, 0.1) is 5.92 Å². The van der Waals surface area contributed by atoms with Crippen LogP contribution in [0.3, 0.4) is 0 Å². The number of esters is 1. The van der Waals surface area contributed by atoms with Crippen molar-refractivity contribution in [2.45, 2.75) is 51.0 Å². The molecule has 0 saturated heterocycles. The number of amides is 1. The Hall–Kier alpha value is -4.09. The van der Waals surface area contributed by atoms with Crippen LogP contribution in [-0.2, 0) is 26.0 Å². The molecule has 11 heteroatoms. The summed E-state index contributed by atoms with van der Waals surface area (Å²) in [5.74, 6) is -3.80. The topological polar surface area (TPSA) is 162 Å². The molecular formula is C29H34N2O8S. The molecule has 0 aliphatic rings. The number of rotatable bonds is 10. The van der Waals surface area contributed by atoms with Gasteiger partial charge >= 0.3 is 5.97 Å². The molecule has 0 fully saturated rings. The molecule has 0 bridgehead atoms. The first kappa shape index (κ1) is 30.5. The Balaban J connectivity index is 1.85. The highest BCUT2D eigenvalue weighted by Gasteiger charge is 2.29. The number of nitrogens with one attached hydrogen (secondary N) is 2. The van der Waals surface area contributed by atoms with Gasteiger partial charge in [-0.3, -0.25) is 9.59 Å². The number of phenolic OH excluding ortho intramolecular Hbond substituents is 3. The fourth-order valence-corrected chi connectivity index (χ4v) is 5.54. The lowest BCUT2D eigenvalue weighted by molar-refractivity contribution is -0.143. The van der Waals surface area contributed by atoms with Gasteiger partial charge < -0.3 is 25.4 Å². The Bertz CT molecular complexity index is 1500. The van der Waals surface area contributed by atoms with Crippen molar-refractivity contribution in [2.75, 3.05) is 12.4 Å². The Morgan fingerprint density at radius 3 is 2.08 bits per heavy atom.